The summed E-state index contributed by atoms with van der Waals surface area (Å²) in [6, 6.07) is 10.6. The van der Waals surface area contributed by atoms with Crippen LogP contribution in [0.5, 0.6) is 5.75 Å². The molecule has 0 atom stereocenters. The van der Waals surface area contributed by atoms with Crippen LogP contribution >= 0.6 is 12.2 Å². The van der Waals surface area contributed by atoms with Crippen molar-refractivity contribution < 1.29 is 14.3 Å². The van der Waals surface area contributed by atoms with Crippen LogP contribution in [0, 0.1) is 12.8 Å². The van der Waals surface area contributed by atoms with Gasteiger partial charge in [0.1, 0.15) is 11.3 Å². The summed E-state index contributed by atoms with van der Waals surface area (Å²) in [5, 5.41) is 16.0. The largest absolute Gasteiger partial charge is 0.507 e. The van der Waals surface area contributed by atoms with Gasteiger partial charge in [0.2, 0.25) is 11.8 Å². The third-order valence-electron chi connectivity index (χ3n) is 3.79. The molecule has 0 unspecified atom stereocenters. The number of nitrogens with zero attached hydrogens (tertiary/aromatic N) is 1. The van der Waals surface area contributed by atoms with Crippen LogP contribution in [0.15, 0.2) is 40.8 Å². The Morgan fingerprint density at radius 2 is 2.00 bits per heavy atom. The average molecular weight is 369 g/mol. The van der Waals surface area contributed by atoms with Crippen LogP contribution < -0.4 is 10.6 Å². The van der Waals surface area contributed by atoms with Crippen LogP contribution in [0.25, 0.3) is 22.6 Å². The van der Waals surface area contributed by atoms with E-state index < -0.39 is 0 Å². The lowest BCUT2D eigenvalue weighted by atomic mass is 10.2. The van der Waals surface area contributed by atoms with Gasteiger partial charge in [0.25, 0.3) is 0 Å². The van der Waals surface area contributed by atoms with Crippen LogP contribution in [0.2, 0.25) is 0 Å². The van der Waals surface area contributed by atoms with Crippen molar-refractivity contribution in [3.8, 4) is 17.2 Å². The van der Waals surface area contributed by atoms with E-state index in [2.05, 4.69) is 15.6 Å². The number of fused-ring (bicyclic) bond motifs is 1. The van der Waals surface area contributed by atoms with Crippen molar-refractivity contribution in [3.63, 3.8) is 0 Å². The summed E-state index contributed by atoms with van der Waals surface area (Å²) in [7, 11) is 0. The first-order chi connectivity index (χ1) is 12.3. The highest BCUT2D eigenvalue weighted by atomic mass is 32.1. The lowest BCUT2D eigenvalue weighted by molar-refractivity contribution is -0.122. The number of carbonyl (C=O) groups excluding carboxylic acids is 1. The van der Waals surface area contributed by atoms with E-state index in [0.29, 0.717) is 22.7 Å². The van der Waals surface area contributed by atoms with Crippen LogP contribution in [-0.4, -0.2) is 21.1 Å². The van der Waals surface area contributed by atoms with Crippen molar-refractivity contribution in [3.05, 3.63) is 42.0 Å². The smallest absolute Gasteiger partial charge is 0.231 e. The second-order valence-electron chi connectivity index (χ2n) is 6.32. The molecule has 0 saturated heterocycles. The summed E-state index contributed by atoms with van der Waals surface area (Å²) in [5.74, 6) is -0.0139. The van der Waals surface area contributed by atoms with E-state index in [0.717, 1.165) is 11.1 Å². The minimum absolute atomic E-state index is 0.00346. The molecule has 3 aromatic rings. The number of aromatic hydroxyl groups is 1. The number of amides is 1. The zero-order valence-electron chi connectivity index (χ0n) is 14.7. The number of hydrogen-bond donors (Lipinski definition) is 3. The lowest BCUT2D eigenvalue weighted by Gasteiger charge is -2.12. The summed E-state index contributed by atoms with van der Waals surface area (Å²) >= 11 is 5.10. The number of hydrogen-bond acceptors (Lipinski definition) is 5. The Hall–Kier alpha value is -2.93. The minimum atomic E-state index is -0.176. The zero-order valence-corrected chi connectivity index (χ0v) is 15.5. The third-order valence-corrected chi connectivity index (χ3v) is 3.99. The number of carbonyl (C=O) groups is 1. The lowest BCUT2D eigenvalue weighted by Crippen LogP contribution is -2.36. The Bertz CT molecular complexity index is 995. The van der Waals surface area contributed by atoms with E-state index >= 15 is 0 Å². The third kappa shape index (κ3) is 3.83. The Labute approximate surface area is 156 Å². The first kappa shape index (κ1) is 17.9. The number of aryl methyl sites for hydroxylation is 1. The molecule has 1 heterocycles. The van der Waals surface area contributed by atoms with Gasteiger partial charge in [-0.1, -0.05) is 19.9 Å². The fraction of sp³-hybridized carbons (Fsp3) is 0.211. The molecule has 0 spiro atoms. The molecular weight excluding hydrogens is 350 g/mol. The molecule has 3 N–H and O–H groups in total. The number of rotatable bonds is 3. The predicted octanol–water partition coefficient (Wildman–Crippen LogP) is 3.98. The van der Waals surface area contributed by atoms with E-state index in [1.54, 1.807) is 26.0 Å². The number of thiocarbonyl (C=S) groups is 1. The topological polar surface area (TPSA) is 87.4 Å². The molecule has 1 amide bonds. The zero-order chi connectivity index (χ0) is 18.8. The summed E-state index contributed by atoms with van der Waals surface area (Å²) in [6.07, 6.45) is 0. The van der Waals surface area contributed by atoms with Gasteiger partial charge in [-0.05, 0) is 49.0 Å². The Morgan fingerprint density at radius 3 is 2.69 bits per heavy atom. The molecule has 0 fully saturated rings. The second-order valence-corrected chi connectivity index (χ2v) is 6.73. The van der Waals surface area contributed by atoms with Crippen molar-refractivity contribution in [2.24, 2.45) is 5.92 Å². The molecule has 0 saturated carbocycles. The fourth-order valence-electron chi connectivity index (χ4n) is 2.36. The van der Waals surface area contributed by atoms with Crippen LogP contribution in [0.4, 0.5) is 5.69 Å². The van der Waals surface area contributed by atoms with Gasteiger partial charge in [-0.3, -0.25) is 4.79 Å². The Morgan fingerprint density at radius 1 is 1.23 bits per heavy atom. The van der Waals surface area contributed by atoms with E-state index in [1.807, 2.05) is 25.1 Å². The number of aromatic nitrogens is 1. The highest BCUT2D eigenvalue weighted by molar-refractivity contribution is 7.80. The average Bonchev–Trinajstić information content (AvgIpc) is 2.97. The molecule has 0 aliphatic heterocycles. The van der Waals surface area contributed by atoms with E-state index in [-0.39, 0.29) is 22.7 Å². The molecule has 26 heavy (non-hydrogen) atoms. The Balaban J connectivity index is 1.80. The fourth-order valence-corrected chi connectivity index (χ4v) is 2.58. The molecular formula is C19H19N3O3S. The number of nitrogens with one attached hydrogen (secondary N) is 2. The van der Waals surface area contributed by atoms with E-state index in [4.69, 9.17) is 16.6 Å². The molecule has 0 radical (unpaired) electrons. The van der Waals surface area contributed by atoms with Gasteiger partial charge in [-0.2, -0.15) is 0 Å². The number of oxazole rings is 1. The Kier molecular flexibility index (Phi) is 4.90. The van der Waals surface area contributed by atoms with Gasteiger partial charge >= 0.3 is 0 Å². The second kappa shape index (κ2) is 7.13. The maximum absolute atomic E-state index is 11.7. The maximum Gasteiger partial charge on any atom is 0.231 e. The van der Waals surface area contributed by atoms with Crippen LogP contribution in [0.3, 0.4) is 0 Å². The number of anilines is 1. The molecule has 3 rings (SSSR count). The highest BCUT2D eigenvalue weighted by Crippen LogP contribution is 2.33. The maximum atomic E-state index is 11.7. The van der Waals surface area contributed by atoms with Crippen molar-refractivity contribution in [2.45, 2.75) is 20.8 Å². The van der Waals surface area contributed by atoms with Gasteiger partial charge < -0.3 is 20.2 Å². The molecule has 0 aliphatic carbocycles. The summed E-state index contributed by atoms with van der Waals surface area (Å²) in [5.41, 5.74) is 3.50. The first-order valence-corrected chi connectivity index (χ1v) is 8.57. The molecule has 134 valence electrons. The van der Waals surface area contributed by atoms with Gasteiger partial charge in [0.05, 0.1) is 5.56 Å². The normalized spacial score (nSPS) is 10.9. The van der Waals surface area contributed by atoms with Gasteiger partial charge in [0, 0.05) is 17.7 Å². The SMILES string of the molecule is Cc1ccc2oc(-c3ccc(NC(=S)NC(=O)C(C)C)cc3O)nc2c1. The number of phenolic OH excluding ortho intramolecular Hbond substituents is 1. The van der Waals surface area contributed by atoms with Crippen LogP contribution in [-0.2, 0) is 4.79 Å². The van der Waals surface area contributed by atoms with Crippen molar-refractivity contribution in [2.75, 3.05) is 5.32 Å². The molecule has 7 heteroatoms. The highest BCUT2D eigenvalue weighted by Gasteiger charge is 2.14. The van der Waals surface area contributed by atoms with Crippen LogP contribution in [0.1, 0.15) is 19.4 Å². The molecule has 2 aromatic carbocycles. The molecule has 1 aromatic heterocycles. The summed E-state index contributed by atoms with van der Waals surface area (Å²) in [4.78, 5) is 16.1. The predicted molar refractivity (Wildman–Crippen MR) is 105 cm³/mol. The first-order valence-electron chi connectivity index (χ1n) is 8.16. The molecule has 0 bridgehead atoms. The summed E-state index contributed by atoms with van der Waals surface area (Å²) in [6.45, 7) is 5.54. The molecule has 6 nitrogen and oxygen atoms in total. The standard InChI is InChI=1S/C19H19N3O3S/c1-10(2)17(24)22-19(26)20-12-5-6-13(15(23)9-12)18-21-14-8-11(3)4-7-16(14)25-18/h4-10,23H,1-3H3,(H2,20,22,24,26). The van der Waals surface area contributed by atoms with Crippen molar-refractivity contribution in [1.82, 2.24) is 10.3 Å². The van der Waals surface area contributed by atoms with Crippen molar-refractivity contribution >= 4 is 40.0 Å². The minimum Gasteiger partial charge on any atom is -0.507 e. The van der Waals surface area contributed by atoms with E-state index in [9.17, 15) is 9.90 Å². The van der Waals surface area contributed by atoms with E-state index in [1.165, 1.54) is 6.07 Å². The van der Waals surface area contributed by atoms with Gasteiger partial charge in [0.15, 0.2) is 10.7 Å². The van der Waals surface area contributed by atoms with Gasteiger partial charge in [-0.25, -0.2) is 4.98 Å². The summed E-state index contributed by atoms with van der Waals surface area (Å²) < 4.78 is 5.72. The number of benzene rings is 2. The van der Waals surface area contributed by atoms with Crippen molar-refractivity contribution in [1.29, 1.82) is 0 Å². The molecule has 0 aliphatic rings. The van der Waals surface area contributed by atoms with Gasteiger partial charge in [-0.15, -0.1) is 0 Å². The number of phenols is 1. The monoisotopic (exact) mass is 369 g/mol. The quantitative estimate of drug-likeness (QED) is 0.606.